The van der Waals surface area contributed by atoms with Gasteiger partial charge in [-0.05, 0) is 68.3 Å². The molecule has 15 heteroatoms. The number of hydrogen-bond acceptors (Lipinski definition) is 10. The van der Waals surface area contributed by atoms with Gasteiger partial charge in [-0.1, -0.05) is 125 Å². The van der Waals surface area contributed by atoms with Crippen LogP contribution in [0.5, 0.6) is 0 Å². The van der Waals surface area contributed by atoms with Crippen molar-refractivity contribution in [3.05, 3.63) is 77.4 Å². The molecule has 0 heterocycles. The highest BCUT2D eigenvalue weighted by Gasteiger charge is 2.41. The maximum absolute atomic E-state index is 14.2. The molecule has 0 unspecified atom stereocenters. The molecular formula is C44H67N5O7S3. The van der Waals surface area contributed by atoms with Crippen LogP contribution in [0.25, 0.3) is 0 Å². The Balaban J connectivity index is 2.01. The molecule has 2 aromatic carbocycles. The normalized spacial score (nSPS) is 14.2. The first-order valence-corrected chi connectivity index (χ1v) is 24.0. The maximum atomic E-state index is 14.2. The first-order chi connectivity index (χ1) is 28.1. The van der Waals surface area contributed by atoms with E-state index in [9.17, 15) is 32.4 Å². The number of ketones is 1. The Morgan fingerprint density at radius 1 is 0.881 bits per heavy atom. The van der Waals surface area contributed by atoms with Gasteiger partial charge in [0.15, 0.2) is 0 Å². The molecule has 0 aliphatic heterocycles. The molecule has 0 saturated heterocycles. The molecule has 0 saturated carbocycles. The number of Topliss-reactive ketones (excluding diaryl/α,β-unsaturated/α-hetero) is 1. The minimum Gasteiger partial charge on any atom is -0.356 e. The second-order valence-corrected chi connectivity index (χ2v) is 21.0. The summed E-state index contributed by atoms with van der Waals surface area (Å²) in [6.07, 6.45) is 4.72. The van der Waals surface area contributed by atoms with Crippen molar-refractivity contribution in [3.8, 4) is 0 Å². The van der Waals surface area contributed by atoms with E-state index < -0.39 is 44.9 Å². The van der Waals surface area contributed by atoms with Crippen LogP contribution >= 0.6 is 21.6 Å². The number of nitrogens with one attached hydrogen (secondary N) is 4. The zero-order valence-corrected chi connectivity index (χ0v) is 38.9. The molecule has 0 aliphatic rings. The van der Waals surface area contributed by atoms with Crippen molar-refractivity contribution in [2.75, 3.05) is 26.4 Å². The summed E-state index contributed by atoms with van der Waals surface area (Å²) in [5.41, 5.74) is 0.667. The molecular weight excluding hydrogens is 807 g/mol. The molecule has 0 radical (unpaired) electrons. The number of nitrogens with zero attached hydrogens (tertiary/aromatic N) is 1. The van der Waals surface area contributed by atoms with Gasteiger partial charge in [-0.3, -0.25) is 19.2 Å². The Bertz CT molecular complexity index is 1870. The van der Waals surface area contributed by atoms with Crippen LogP contribution in [0.2, 0.25) is 0 Å². The number of likely N-dealkylation sites (N-methyl/N-ethyl adjacent to an activating group) is 2. The minimum absolute atomic E-state index is 0.0375. The molecule has 0 aromatic heterocycles. The van der Waals surface area contributed by atoms with Gasteiger partial charge < -0.3 is 25.6 Å². The van der Waals surface area contributed by atoms with Crippen LogP contribution in [0, 0.1) is 11.3 Å². The van der Waals surface area contributed by atoms with Crippen LogP contribution in [0.4, 0.5) is 0 Å². The lowest BCUT2D eigenvalue weighted by molar-refractivity contribution is -0.141. The van der Waals surface area contributed by atoms with E-state index >= 15 is 0 Å². The highest BCUT2D eigenvalue weighted by Crippen LogP contribution is 2.30. The van der Waals surface area contributed by atoms with Gasteiger partial charge in [0.25, 0.3) is 15.9 Å². The van der Waals surface area contributed by atoms with Gasteiger partial charge >= 0.3 is 0 Å². The summed E-state index contributed by atoms with van der Waals surface area (Å²) in [5.74, 6) is -0.571. The summed E-state index contributed by atoms with van der Waals surface area (Å²) >= 11 is 0. The number of sulfonamides is 1. The van der Waals surface area contributed by atoms with Gasteiger partial charge in [0.05, 0.1) is 17.0 Å². The molecule has 0 aliphatic carbocycles. The molecule has 0 spiro atoms. The third-order valence-electron chi connectivity index (χ3n) is 10.1. The Labute approximate surface area is 362 Å². The van der Waals surface area contributed by atoms with Crippen molar-refractivity contribution in [3.63, 3.8) is 0 Å². The van der Waals surface area contributed by atoms with Crippen LogP contribution in [0.15, 0.2) is 71.1 Å². The van der Waals surface area contributed by atoms with Gasteiger partial charge in [0, 0.05) is 50.3 Å². The lowest BCUT2D eigenvalue weighted by atomic mass is 9.76. The van der Waals surface area contributed by atoms with Crippen LogP contribution in [0.1, 0.15) is 107 Å². The van der Waals surface area contributed by atoms with E-state index in [0.717, 1.165) is 30.4 Å². The monoisotopic (exact) mass is 875 g/mol. The van der Waals surface area contributed by atoms with E-state index in [1.54, 1.807) is 53.9 Å². The lowest BCUT2D eigenvalue weighted by Gasteiger charge is -2.40. The van der Waals surface area contributed by atoms with E-state index in [1.165, 1.54) is 24.0 Å². The summed E-state index contributed by atoms with van der Waals surface area (Å²) in [6.45, 7) is 15.2. The quantitative estimate of drug-likeness (QED) is 0.0515. The summed E-state index contributed by atoms with van der Waals surface area (Å²) in [6, 6.07) is 13.8. The predicted octanol–water partition coefficient (Wildman–Crippen LogP) is 6.55. The van der Waals surface area contributed by atoms with E-state index in [1.807, 2.05) is 78.8 Å². The fraction of sp³-hybridized carbons (Fsp3) is 0.568. The van der Waals surface area contributed by atoms with Gasteiger partial charge in [-0.2, -0.15) is 0 Å². The maximum Gasteiger partial charge on any atom is 0.264 e. The molecule has 4 amide bonds. The molecule has 2 rings (SSSR count). The van der Waals surface area contributed by atoms with Gasteiger partial charge in [0.1, 0.15) is 11.8 Å². The number of carbonyl (C=O) groups excluding carboxylic acids is 5. The number of rotatable bonds is 24. The molecule has 0 fully saturated rings. The smallest absolute Gasteiger partial charge is 0.264 e. The molecule has 2 aromatic rings. The van der Waals surface area contributed by atoms with Crippen molar-refractivity contribution in [1.29, 1.82) is 0 Å². The Hall–Kier alpha value is -3.66. The summed E-state index contributed by atoms with van der Waals surface area (Å²) in [4.78, 5) is 66.2. The van der Waals surface area contributed by atoms with Crippen molar-refractivity contribution < 1.29 is 33.8 Å². The molecule has 328 valence electrons. The Kier molecular flexibility index (Phi) is 20.2. The number of unbranched alkanes of at least 4 members (excludes halogenated alkanes) is 2. The fourth-order valence-electron chi connectivity index (χ4n) is 6.43. The van der Waals surface area contributed by atoms with Crippen LogP contribution in [-0.2, 0) is 45.2 Å². The van der Waals surface area contributed by atoms with Gasteiger partial charge in [0.2, 0.25) is 17.7 Å². The van der Waals surface area contributed by atoms with Crippen molar-refractivity contribution >= 4 is 61.0 Å². The number of hydrogen-bond donors (Lipinski definition) is 4. The number of benzene rings is 2. The Morgan fingerprint density at radius 3 is 2.10 bits per heavy atom. The zero-order chi connectivity index (χ0) is 45.3. The van der Waals surface area contributed by atoms with Crippen molar-refractivity contribution in [1.82, 2.24) is 25.6 Å². The standard InChI is InChI=1S/C44H67N5O7S3/c1-30(2)36(49(11)42(54)39(43(5,6)7)47-41(53)38(45-10)44(8,9)34-19-15-12-16-20-34)28-31(3)40(52)48-59(55,56)35-23-21-33(22-24-35)29-58-57-27-25-37(51)46-26-17-13-14-18-32(4)50/h12,15-16,19-24,28,30,36,38-39,45H,13-14,17-18,25-27,29H2,1-11H3,(H,46,51)(H,47,53)(H,48,52)/b31-28+/t36-,38-,39-/m1/s1/i4T. The molecule has 12 nitrogen and oxygen atoms in total. The SMILES string of the molecule is [3H]CC(=O)CCCCCNC(=O)CCSSCc1ccc(S(=O)(=O)NC(=O)/C(C)=C/[C@H](C(C)C)N(C)C(=O)[C@@H](NC(=O)[C@@H](NC)C(C)(C)c2ccccc2)C(C)(C)C)cc1. The van der Waals surface area contributed by atoms with Crippen LogP contribution < -0.4 is 20.7 Å². The molecule has 0 bridgehead atoms. The summed E-state index contributed by atoms with van der Waals surface area (Å²) < 4.78 is 35.7. The second kappa shape index (κ2) is 24.0. The summed E-state index contributed by atoms with van der Waals surface area (Å²) in [7, 11) is 2.21. The highest BCUT2D eigenvalue weighted by molar-refractivity contribution is 8.76. The highest BCUT2D eigenvalue weighted by atomic mass is 33.1. The molecule has 59 heavy (non-hydrogen) atoms. The average molecular weight is 876 g/mol. The average Bonchev–Trinajstić information content (AvgIpc) is 3.19. The van der Waals surface area contributed by atoms with Gasteiger partial charge in [-0.15, -0.1) is 0 Å². The fourth-order valence-corrected chi connectivity index (χ4v) is 9.51. The predicted molar refractivity (Wildman–Crippen MR) is 241 cm³/mol. The third-order valence-corrected chi connectivity index (χ3v) is 13.8. The van der Waals surface area contributed by atoms with E-state index in [2.05, 4.69) is 20.7 Å². The van der Waals surface area contributed by atoms with E-state index in [0.29, 0.717) is 30.9 Å². The molecule has 4 N–H and O–H groups in total. The van der Waals surface area contributed by atoms with Crippen LogP contribution in [-0.4, -0.2) is 87.2 Å². The zero-order valence-electron chi connectivity index (χ0n) is 37.5. The lowest BCUT2D eigenvalue weighted by Crippen LogP contribution is -2.61. The minimum atomic E-state index is -4.21. The van der Waals surface area contributed by atoms with Gasteiger partial charge in [-0.25, -0.2) is 13.1 Å². The topological polar surface area (TPSA) is 171 Å². The second-order valence-electron chi connectivity index (χ2n) is 16.8. The largest absolute Gasteiger partial charge is 0.356 e. The first-order valence-electron chi connectivity index (χ1n) is 20.7. The first kappa shape index (κ1) is 49.7. The van der Waals surface area contributed by atoms with E-state index in [-0.39, 0.29) is 46.8 Å². The summed E-state index contributed by atoms with van der Waals surface area (Å²) in [5, 5.41) is 9.05. The number of amides is 4. The van der Waals surface area contributed by atoms with Crippen molar-refractivity contribution in [2.24, 2.45) is 11.3 Å². The van der Waals surface area contributed by atoms with Crippen molar-refractivity contribution in [2.45, 2.75) is 129 Å². The molecule has 3 atom stereocenters. The number of carbonyl (C=O) groups is 5. The third kappa shape index (κ3) is 16.7. The Morgan fingerprint density at radius 2 is 1.53 bits per heavy atom. The van der Waals surface area contributed by atoms with Crippen LogP contribution in [0.3, 0.4) is 0 Å². The van der Waals surface area contributed by atoms with E-state index in [4.69, 9.17) is 1.37 Å².